The molecule has 1 unspecified atom stereocenters. The lowest BCUT2D eigenvalue weighted by Gasteiger charge is -2.30. The molecule has 8 N–H and O–H groups in total. The van der Waals surface area contributed by atoms with Crippen LogP contribution >= 0.6 is 7.60 Å². The van der Waals surface area contributed by atoms with Crippen LogP contribution in [0, 0.1) is 0 Å². The van der Waals surface area contributed by atoms with Gasteiger partial charge in [0.05, 0.1) is 30.7 Å². The summed E-state index contributed by atoms with van der Waals surface area (Å²) in [7, 11) is -4.84. The first-order chi connectivity index (χ1) is 17.1. The van der Waals surface area contributed by atoms with Gasteiger partial charge in [-0.15, -0.1) is 0 Å². The highest BCUT2D eigenvalue weighted by Gasteiger charge is 2.49. The first-order valence-corrected chi connectivity index (χ1v) is 13.4. The Bertz CT molecular complexity index is 1090. The largest absolute Gasteiger partial charge is 0.475 e. The van der Waals surface area contributed by atoms with Crippen LogP contribution in [-0.2, 0) is 14.0 Å². The molecule has 5 atom stereocenters. The number of ether oxygens (including phenoxy) is 3. The van der Waals surface area contributed by atoms with E-state index in [-0.39, 0.29) is 30.8 Å². The maximum Gasteiger partial charge on any atom is 0.359 e. The molecule has 0 radical (unpaired) electrons. The van der Waals surface area contributed by atoms with Crippen LogP contribution in [0.5, 0.6) is 5.88 Å². The number of aliphatic hydroxyl groups excluding tert-OH is 4. The summed E-state index contributed by atoms with van der Waals surface area (Å²) in [6, 6.07) is 1.79. The number of rotatable bonds is 11. The highest BCUT2D eigenvalue weighted by molar-refractivity contribution is 7.53. The zero-order valence-electron chi connectivity index (χ0n) is 19.8. The van der Waals surface area contributed by atoms with Gasteiger partial charge >= 0.3 is 7.60 Å². The van der Waals surface area contributed by atoms with Gasteiger partial charge in [-0.2, -0.15) is 10.1 Å². The second-order valence-electron chi connectivity index (χ2n) is 9.30. The van der Waals surface area contributed by atoms with Crippen LogP contribution in [0.15, 0.2) is 6.07 Å². The number of hydrogen-bond donors (Lipinski definition) is 8. The molecule has 1 aliphatic heterocycles. The van der Waals surface area contributed by atoms with Crippen molar-refractivity contribution in [2.75, 3.05) is 31.7 Å². The monoisotopic (exact) mass is 532 g/mol. The first kappa shape index (κ1) is 27.2. The van der Waals surface area contributed by atoms with Gasteiger partial charge in [0.25, 0.3) is 0 Å². The number of fused-ring (bicyclic) bond motifs is 1. The van der Waals surface area contributed by atoms with E-state index in [1.165, 1.54) is 0 Å². The Balaban J connectivity index is 1.61. The number of aromatic nitrogens is 3. The average molecular weight is 532 g/mol. The molecule has 1 saturated heterocycles. The minimum atomic E-state index is -4.84. The normalized spacial score (nSPS) is 27.0. The zero-order valence-corrected chi connectivity index (χ0v) is 20.7. The molecule has 0 amide bonds. The van der Waals surface area contributed by atoms with Gasteiger partial charge < -0.3 is 49.7 Å². The van der Waals surface area contributed by atoms with E-state index in [1.807, 2.05) is 0 Å². The standard InChI is InChI=1S/C21H33N4O10P/c1-21(10-27,36(30,31)32)34-9-13-17(28)18(29)19(35-13)16-15-12(24-25-16)8-14(33-7-6-26)23-20(15)22-11-4-2-3-5-11/h8,11,13,17-19,26-29H,2-7,9-10H2,1H3,(H,22,23)(H,24,25)(H2,30,31,32)/t13-,17-,18-,19-,21?/m1/s1. The maximum absolute atomic E-state index is 11.7. The van der Waals surface area contributed by atoms with Crippen LogP contribution in [-0.4, -0.2) is 102 Å². The average Bonchev–Trinajstić information content (AvgIpc) is 3.56. The van der Waals surface area contributed by atoms with Crippen molar-refractivity contribution in [1.82, 2.24) is 15.2 Å². The number of aromatic amines is 1. The molecule has 202 valence electrons. The molecule has 0 spiro atoms. The number of pyridine rings is 1. The van der Waals surface area contributed by atoms with Crippen LogP contribution in [0.1, 0.15) is 44.4 Å². The van der Waals surface area contributed by atoms with Crippen molar-refractivity contribution in [1.29, 1.82) is 0 Å². The third kappa shape index (κ3) is 5.37. The summed E-state index contributed by atoms with van der Waals surface area (Å²) in [4.78, 5) is 23.5. The lowest BCUT2D eigenvalue weighted by Crippen LogP contribution is -2.39. The zero-order chi connectivity index (χ0) is 26.1. The fraction of sp³-hybridized carbons (Fsp3) is 0.714. The lowest BCUT2D eigenvalue weighted by molar-refractivity contribution is -0.0933. The Morgan fingerprint density at radius 3 is 2.61 bits per heavy atom. The molecule has 2 aliphatic rings. The second kappa shape index (κ2) is 10.9. The summed E-state index contributed by atoms with van der Waals surface area (Å²) in [6.45, 7) is -0.530. The van der Waals surface area contributed by atoms with E-state index in [0.717, 1.165) is 32.6 Å². The number of anilines is 1. The number of hydrogen-bond acceptors (Lipinski definition) is 11. The summed E-state index contributed by atoms with van der Waals surface area (Å²) in [5, 5.41) is 48.8. The fourth-order valence-corrected chi connectivity index (χ4v) is 4.87. The van der Waals surface area contributed by atoms with Gasteiger partial charge in [0.2, 0.25) is 5.88 Å². The van der Waals surface area contributed by atoms with Crippen molar-refractivity contribution in [2.45, 2.75) is 68.4 Å². The van der Waals surface area contributed by atoms with Crippen molar-refractivity contribution in [3.8, 4) is 5.88 Å². The van der Waals surface area contributed by atoms with E-state index in [2.05, 4.69) is 20.5 Å². The molecule has 0 bridgehead atoms. The van der Waals surface area contributed by atoms with E-state index in [4.69, 9.17) is 19.3 Å². The minimum absolute atomic E-state index is 0.0576. The molecule has 1 saturated carbocycles. The predicted molar refractivity (Wildman–Crippen MR) is 125 cm³/mol. The number of aliphatic hydroxyl groups is 4. The summed E-state index contributed by atoms with van der Waals surface area (Å²) in [5.41, 5.74) is 0.813. The van der Waals surface area contributed by atoms with E-state index in [0.29, 0.717) is 16.7 Å². The van der Waals surface area contributed by atoms with Gasteiger partial charge in [-0.1, -0.05) is 12.8 Å². The van der Waals surface area contributed by atoms with Gasteiger partial charge in [-0.25, -0.2) is 0 Å². The fourth-order valence-electron chi connectivity index (χ4n) is 4.44. The van der Waals surface area contributed by atoms with Crippen LogP contribution in [0.25, 0.3) is 10.9 Å². The van der Waals surface area contributed by atoms with Crippen molar-refractivity contribution in [2.24, 2.45) is 0 Å². The number of nitrogens with zero attached hydrogens (tertiary/aromatic N) is 2. The van der Waals surface area contributed by atoms with Gasteiger partial charge in [-0.05, 0) is 19.8 Å². The molecule has 3 heterocycles. The number of H-pyrrole nitrogens is 1. The van der Waals surface area contributed by atoms with Crippen LogP contribution < -0.4 is 10.1 Å². The van der Waals surface area contributed by atoms with Gasteiger partial charge in [0.15, 0.2) is 5.34 Å². The molecule has 2 fully saturated rings. The Morgan fingerprint density at radius 2 is 1.97 bits per heavy atom. The van der Waals surface area contributed by atoms with Gasteiger partial charge in [0, 0.05) is 12.1 Å². The molecule has 1 aliphatic carbocycles. The second-order valence-corrected chi connectivity index (χ2v) is 11.3. The van der Waals surface area contributed by atoms with Gasteiger partial charge in [0.1, 0.15) is 42.5 Å². The van der Waals surface area contributed by atoms with Crippen molar-refractivity contribution in [3.63, 3.8) is 0 Å². The molecule has 2 aromatic heterocycles. The SMILES string of the molecule is CC(CO)(OC[C@H]1O[C@H](c2n[nH]c3cc(OCCO)nc(NC4CCCC4)c23)[C@H](O)[C@@H]1O)P(=O)(O)O. The molecular formula is C21H33N4O10P. The quantitative estimate of drug-likeness (QED) is 0.175. The predicted octanol–water partition coefficient (Wildman–Crippen LogP) is -0.252. The van der Waals surface area contributed by atoms with Crippen LogP contribution in [0.2, 0.25) is 0 Å². The van der Waals surface area contributed by atoms with Crippen LogP contribution in [0.3, 0.4) is 0 Å². The highest BCUT2D eigenvalue weighted by atomic mass is 31.2. The molecule has 4 rings (SSSR count). The van der Waals surface area contributed by atoms with Crippen molar-refractivity contribution >= 4 is 24.3 Å². The summed E-state index contributed by atoms with van der Waals surface area (Å²) >= 11 is 0. The van der Waals surface area contributed by atoms with Gasteiger partial charge in [-0.3, -0.25) is 9.66 Å². The molecule has 36 heavy (non-hydrogen) atoms. The van der Waals surface area contributed by atoms with E-state index in [9.17, 15) is 29.7 Å². The van der Waals surface area contributed by atoms with Crippen molar-refractivity contribution in [3.05, 3.63) is 11.8 Å². The van der Waals surface area contributed by atoms with E-state index in [1.54, 1.807) is 6.07 Å². The minimum Gasteiger partial charge on any atom is -0.475 e. The smallest absolute Gasteiger partial charge is 0.359 e. The Kier molecular flexibility index (Phi) is 8.19. The lowest BCUT2D eigenvalue weighted by atomic mass is 10.0. The topological polar surface area (TPSA) is 220 Å². The van der Waals surface area contributed by atoms with Crippen molar-refractivity contribution < 1.29 is 49.0 Å². The molecule has 14 nitrogen and oxygen atoms in total. The van der Waals surface area contributed by atoms with E-state index < -0.39 is 50.6 Å². The summed E-state index contributed by atoms with van der Waals surface area (Å²) in [6.07, 6.45) is -1.05. The van der Waals surface area contributed by atoms with E-state index >= 15 is 0 Å². The Morgan fingerprint density at radius 1 is 1.25 bits per heavy atom. The first-order valence-electron chi connectivity index (χ1n) is 11.8. The Labute approximate surface area is 206 Å². The third-order valence-corrected chi connectivity index (χ3v) is 8.19. The molecular weight excluding hydrogens is 499 g/mol. The van der Waals surface area contributed by atoms with Crippen LogP contribution in [0.4, 0.5) is 5.82 Å². The molecule has 0 aromatic carbocycles. The molecule has 15 heteroatoms. The summed E-state index contributed by atoms with van der Waals surface area (Å²) < 4.78 is 28.3. The highest BCUT2D eigenvalue weighted by Crippen LogP contribution is 2.51. The third-order valence-electron chi connectivity index (χ3n) is 6.69. The summed E-state index contributed by atoms with van der Waals surface area (Å²) in [5.74, 6) is 0.725. The Hall–Kier alpha value is -1.87. The number of nitrogens with one attached hydrogen (secondary N) is 2. The maximum atomic E-state index is 11.7. The molecule has 2 aromatic rings.